The Balaban J connectivity index is 1.01. The lowest BCUT2D eigenvalue weighted by Crippen LogP contribution is -2.45. The monoisotopic (exact) mass is 644 g/mol. The van der Waals surface area contributed by atoms with Crippen molar-refractivity contribution in [2.45, 2.75) is 38.1 Å². The summed E-state index contributed by atoms with van der Waals surface area (Å²) in [4.78, 5) is 63.9. The summed E-state index contributed by atoms with van der Waals surface area (Å²) >= 11 is 0. The largest absolute Gasteiger partial charge is 0.493 e. The summed E-state index contributed by atoms with van der Waals surface area (Å²) in [5.41, 5.74) is 2.82. The number of benzene rings is 2. The van der Waals surface area contributed by atoms with Gasteiger partial charge in [-0.05, 0) is 49.9 Å². The van der Waals surface area contributed by atoms with Crippen LogP contribution in [0.2, 0.25) is 0 Å². The minimum absolute atomic E-state index is 0.00225. The van der Waals surface area contributed by atoms with Crippen LogP contribution in [-0.4, -0.2) is 88.1 Å². The Kier molecular flexibility index (Phi) is 8.95. The Morgan fingerprint density at radius 2 is 1.91 bits per heavy atom. The van der Waals surface area contributed by atoms with Crippen LogP contribution in [0.15, 0.2) is 36.5 Å². The predicted octanol–water partition coefficient (Wildman–Crippen LogP) is 3.56. The number of imidazole rings is 2. The molecule has 15 heteroatoms. The van der Waals surface area contributed by atoms with Gasteiger partial charge in [0.25, 0.3) is 11.8 Å². The lowest BCUT2D eigenvalue weighted by Gasteiger charge is -2.34. The molecule has 0 bridgehead atoms. The number of carbonyl (C=O) groups excluding carboxylic acids is 4. The van der Waals surface area contributed by atoms with Crippen molar-refractivity contribution in [1.82, 2.24) is 24.4 Å². The Morgan fingerprint density at radius 1 is 1.06 bits per heavy atom. The first-order chi connectivity index (χ1) is 22.7. The van der Waals surface area contributed by atoms with E-state index in [0.717, 1.165) is 25.8 Å². The molecule has 3 amide bonds. The zero-order valence-corrected chi connectivity index (χ0v) is 26.3. The average molecular weight is 645 g/mol. The first-order valence-corrected chi connectivity index (χ1v) is 15.4. The van der Waals surface area contributed by atoms with E-state index in [9.17, 15) is 19.2 Å². The van der Waals surface area contributed by atoms with E-state index in [1.165, 1.54) is 18.8 Å². The summed E-state index contributed by atoms with van der Waals surface area (Å²) < 4.78 is 17.7. The van der Waals surface area contributed by atoms with Crippen molar-refractivity contribution >= 4 is 51.9 Å². The first kappa shape index (κ1) is 31.4. The molecular weight excluding hydrogens is 608 g/mol. The predicted molar refractivity (Wildman–Crippen MR) is 172 cm³/mol. The van der Waals surface area contributed by atoms with Gasteiger partial charge in [-0.2, -0.15) is 0 Å². The Morgan fingerprint density at radius 3 is 2.72 bits per heavy atom. The summed E-state index contributed by atoms with van der Waals surface area (Å²) in [6.07, 6.45) is 5.20. The minimum Gasteiger partial charge on any atom is -0.493 e. The maximum Gasteiger partial charge on any atom is 0.374 e. The number of methoxy groups -OCH3 is 2. The third kappa shape index (κ3) is 6.68. The van der Waals surface area contributed by atoms with Crippen LogP contribution in [0.1, 0.15) is 63.7 Å². The fraction of sp³-hybridized carbons (Fsp3) is 0.375. The summed E-state index contributed by atoms with van der Waals surface area (Å²) in [5.74, 6) is -0.0662. The van der Waals surface area contributed by atoms with Crippen LogP contribution in [0, 0.1) is 0 Å². The molecule has 0 aliphatic carbocycles. The maximum atomic E-state index is 13.2. The molecule has 1 saturated heterocycles. The van der Waals surface area contributed by atoms with Gasteiger partial charge < -0.3 is 44.6 Å². The molecule has 4 heterocycles. The molecule has 2 aliphatic heterocycles. The number of aromatic amines is 1. The third-order valence-electron chi connectivity index (χ3n) is 8.22. The molecule has 2 aliphatic rings. The van der Waals surface area contributed by atoms with E-state index in [2.05, 4.69) is 35.6 Å². The van der Waals surface area contributed by atoms with Crippen LogP contribution >= 0.6 is 0 Å². The number of piperidine rings is 1. The highest BCUT2D eigenvalue weighted by Gasteiger charge is 2.32. The number of ether oxygens (including phenoxy) is 3. The van der Waals surface area contributed by atoms with Gasteiger partial charge in [-0.1, -0.05) is 0 Å². The number of hydrogen-bond acceptors (Lipinski definition) is 10. The van der Waals surface area contributed by atoms with Crippen molar-refractivity contribution in [3.05, 3.63) is 53.7 Å². The molecule has 0 saturated carbocycles. The second kappa shape index (κ2) is 13.4. The summed E-state index contributed by atoms with van der Waals surface area (Å²) in [6, 6.07) is 8.63. The first-order valence-electron chi connectivity index (χ1n) is 15.4. The van der Waals surface area contributed by atoms with Gasteiger partial charge in [0.2, 0.25) is 17.6 Å². The number of nitrogens with zero attached hydrogens (tertiary/aromatic N) is 4. The number of nitrogens with one attached hydrogen (secondary N) is 4. The number of carbonyl (C=O) groups is 4. The molecular formula is C32H36N8O7. The van der Waals surface area contributed by atoms with Gasteiger partial charge in [0, 0.05) is 50.6 Å². The zero-order valence-electron chi connectivity index (χ0n) is 26.3. The number of amides is 3. The van der Waals surface area contributed by atoms with Gasteiger partial charge >= 0.3 is 5.97 Å². The maximum absolute atomic E-state index is 13.2. The topological polar surface area (TPSA) is 182 Å². The highest BCUT2D eigenvalue weighted by molar-refractivity contribution is 6.04. The molecule has 246 valence electrons. The Hall–Kier alpha value is -5.60. The van der Waals surface area contributed by atoms with Crippen LogP contribution in [-0.2, 0) is 16.6 Å². The van der Waals surface area contributed by atoms with Crippen molar-refractivity contribution in [1.29, 1.82) is 0 Å². The van der Waals surface area contributed by atoms with Crippen molar-refractivity contribution in [3.8, 4) is 11.5 Å². The highest BCUT2D eigenvalue weighted by Crippen LogP contribution is 2.37. The molecule has 4 aromatic rings. The van der Waals surface area contributed by atoms with E-state index in [1.807, 2.05) is 4.90 Å². The molecule has 4 N–H and O–H groups in total. The Bertz CT molecular complexity index is 1850. The van der Waals surface area contributed by atoms with Crippen LogP contribution in [0.4, 0.5) is 17.2 Å². The van der Waals surface area contributed by atoms with Crippen LogP contribution in [0.25, 0.3) is 11.0 Å². The number of esters is 1. The second-order valence-corrected chi connectivity index (χ2v) is 11.4. The molecule has 1 atom stereocenters. The van der Waals surface area contributed by atoms with Crippen LogP contribution < -0.4 is 25.4 Å². The molecule has 0 spiro atoms. The number of hydrogen-bond donors (Lipinski definition) is 4. The van der Waals surface area contributed by atoms with Crippen molar-refractivity contribution < 1.29 is 33.4 Å². The smallest absolute Gasteiger partial charge is 0.374 e. The number of anilines is 3. The third-order valence-corrected chi connectivity index (χ3v) is 8.22. The SMILES string of the molecule is COC(=O)c1nc2ccc(NC(=O)c3nc(NC(=O)CCCOc4cc5c(cc4OC)C(=O)N4CCCC[C@H]4CN5)cn3C)cc2[nH]1. The fourth-order valence-corrected chi connectivity index (χ4v) is 5.84. The van der Waals surface area contributed by atoms with E-state index >= 15 is 0 Å². The summed E-state index contributed by atoms with van der Waals surface area (Å²) in [6.45, 7) is 1.68. The molecule has 47 heavy (non-hydrogen) atoms. The molecule has 15 nitrogen and oxygen atoms in total. The lowest BCUT2D eigenvalue weighted by atomic mass is 10.0. The van der Waals surface area contributed by atoms with Gasteiger partial charge in [0.05, 0.1) is 43.1 Å². The number of aromatic nitrogens is 4. The van der Waals surface area contributed by atoms with Gasteiger partial charge in [0.1, 0.15) is 0 Å². The Labute approximate surface area is 270 Å². The van der Waals surface area contributed by atoms with E-state index in [0.29, 0.717) is 52.4 Å². The molecule has 2 aromatic heterocycles. The molecule has 1 fully saturated rings. The molecule has 6 rings (SSSR count). The van der Waals surface area contributed by atoms with E-state index in [4.69, 9.17) is 9.47 Å². The highest BCUT2D eigenvalue weighted by atomic mass is 16.5. The number of aryl methyl sites for hydroxylation is 1. The number of rotatable bonds is 10. The minimum atomic E-state index is -0.598. The van der Waals surface area contributed by atoms with Crippen molar-refractivity contribution in [3.63, 3.8) is 0 Å². The van der Waals surface area contributed by atoms with Crippen molar-refractivity contribution in [2.24, 2.45) is 7.05 Å². The normalized spacial score (nSPS) is 15.6. The summed E-state index contributed by atoms with van der Waals surface area (Å²) in [7, 11) is 4.44. The van der Waals surface area contributed by atoms with Gasteiger partial charge in [0.15, 0.2) is 17.3 Å². The van der Waals surface area contributed by atoms with E-state index in [1.54, 1.807) is 43.6 Å². The van der Waals surface area contributed by atoms with Crippen LogP contribution in [0.5, 0.6) is 11.5 Å². The van der Waals surface area contributed by atoms with E-state index < -0.39 is 11.9 Å². The van der Waals surface area contributed by atoms with Crippen molar-refractivity contribution in [2.75, 3.05) is 49.9 Å². The summed E-state index contributed by atoms with van der Waals surface area (Å²) in [5, 5.41) is 8.89. The zero-order chi connectivity index (χ0) is 33.1. The molecule has 0 radical (unpaired) electrons. The number of H-pyrrole nitrogens is 1. The second-order valence-electron chi connectivity index (χ2n) is 11.4. The van der Waals surface area contributed by atoms with Crippen LogP contribution in [0.3, 0.4) is 0 Å². The molecule has 2 aromatic carbocycles. The standard InChI is InChI=1S/C32H36N8O7/c1-39-17-26(38-29(39)30(42)34-18-9-10-21-23(13-18)36-28(35-21)32(44)46-3)37-27(41)8-6-12-47-25-15-22-20(14-24(25)45-2)31(43)40-11-5-4-7-19(40)16-33-22/h9-10,13-15,17,19,33H,4-8,11-12,16H2,1-3H3,(H,34,42)(H,35,36)(H,37,41)/t19-/m0/s1. The van der Waals surface area contributed by atoms with Gasteiger partial charge in [-0.3, -0.25) is 14.4 Å². The lowest BCUT2D eigenvalue weighted by molar-refractivity contribution is -0.116. The number of fused-ring (bicyclic) bond motifs is 3. The molecule has 0 unspecified atom stereocenters. The van der Waals surface area contributed by atoms with Gasteiger partial charge in [-0.15, -0.1) is 0 Å². The van der Waals surface area contributed by atoms with Gasteiger partial charge in [-0.25, -0.2) is 14.8 Å². The fourth-order valence-electron chi connectivity index (χ4n) is 5.84. The van der Waals surface area contributed by atoms with E-state index in [-0.39, 0.29) is 48.4 Å². The quantitative estimate of drug-likeness (QED) is 0.147. The average Bonchev–Trinajstić information content (AvgIpc) is 3.63.